The van der Waals surface area contributed by atoms with Gasteiger partial charge < -0.3 is 19.5 Å². The summed E-state index contributed by atoms with van der Waals surface area (Å²) in [5.74, 6) is 0.155. The van der Waals surface area contributed by atoms with Gasteiger partial charge in [-0.3, -0.25) is 4.79 Å². The molecule has 1 unspecified atom stereocenters. The van der Waals surface area contributed by atoms with E-state index in [0.717, 1.165) is 38.8 Å². The zero-order valence-corrected chi connectivity index (χ0v) is 15.4. The Morgan fingerprint density at radius 3 is 2.79 bits per heavy atom. The normalized spacial score (nSPS) is 40.2. The number of allylic oxidation sites excluding steroid dienone is 1. The second-order valence-corrected chi connectivity index (χ2v) is 7.88. The fraction of sp³-hybridized carbons (Fsp3) is 0.842. The number of esters is 1. The van der Waals surface area contributed by atoms with Gasteiger partial charge in [0.2, 0.25) is 0 Å². The number of rotatable bonds is 7. The molecule has 2 heterocycles. The first kappa shape index (κ1) is 17.9. The van der Waals surface area contributed by atoms with Gasteiger partial charge in [-0.25, -0.2) is 0 Å². The van der Waals surface area contributed by atoms with Crippen molar-refractivity contribution < 1.29 is 19.0 Å². The molecule has 5 heteroatoms. The van der Waals surface area contributed by atoms with Crippen LogP contribution >= 0.6 is 0 Å². The number of nitrogens with one attached hydrogen (secondary N) is 1. The molecule has 3 rings (SSSR count). The number of hydrogen-bond donors (Lipinski definition) is 1. The molecular formula is C19H31NO4. The summed E-state index contributed by atoms with van der Waals surface area (Å²) in [6.45, 7) is 10.3. The van der Waals surface area contributed by atoms with Gasteiger partial charge in [0.1, 0.15) is 6.10 Å². The minimum atomic E-state index is -0.156. The van der Waals surface area contributed by atoms with E-state index in [4.69, 9.17) is 14.2 Å². The molecule has 0 radical (unpaired) electrons. The van der Waals surface area contributed by atoms with E-state index in [1.54, 1.807) is 0 Å². The molecule has 1 saturated carbocycles. The Morgan fingerprint density at radius 1 is 1.42 bits per heavy atom. The molecule has 0 bridgehead atoms. The van der Waals surface area contributed by atoms with Gasteiger partial charge in [-0.2, -0.15) is 0 Å². The van der Waals surface area contributed by atoms with Crippen LogP contribution in [-0.4, -0.2) is 49.1 Å². The Balaban J connectivity index is 1.59. The average Bonchev–Trinajstić information content (AvgIpc) is 3.44. The van der Waals surface area contributed by atoms with Crippen molar-refractivity contribution in [1.82, 2.24) is 5.32 Å². The quantitative estimate of drug-likeness (QED) is 0.439. The first-order chi connectivity index (χ1) is 11.4. The lowest BCUT2D eigenvalue weighted by atomic mass is 9.70. The van der Waals surface area contributed by atoms with Crippen LogP contribution in [0, 0.1) is 5.92 Å². The lowest BCUT2D eigenvalue weighted by molar-refractivity contribution is -0.152. The Hall–Kier alpha value is -0.910. The zero-order valence-electron chi connectivity index (χ0n) is 15.4. The van der Waals surface area contributed by atoms with Crippen LogP contribution in [0.4, 0.5) is 0 Å². The maximum absolute atomic E-state index is 11.9. The number of ether oxygens (including phenoxy) is 3. The summed E-state index contributed by atoms with van der Waals surface area (Å²) >= 11 is 0. The lowest BCUT2D eigenvalue weighted by Gasteiger charge is -2.36. The molecule has 0 aromatic carbocycles. The molecular weight excluding hydrogens is 306 g/mol. The highest BCUT2D eigenvalue weighted by Crippen LogP contribution is 2.59. The molecule has 3 aliphatic rings. The van der Waals surface area contributed by atoms with Crippen LogP contribution < -0.4 is 5.32 Å². The molecule has 0 aromatic heterocycles. The molecule has 1 N–H and O–H groups in total. The zero-order chi connectivity index (χ0) is 17.4. The van der Waals surface area contributed by atoms with E-state index >= 15 is 0 Å². The van der Waals surface area contributed by atoms with Crippen molar-refractivity contribution >= 4 is 5.97 Å². The van der Waals surface area contributed by atoms with E-state index in [1.807, 2.05) is 6.92 Å². The Labute approximate surface area is 145 Å². The van der Waals surface area contributed by atoms with E-state index in [0.29, 0.717) is 5.92 Å². The minimum Gasteiger partial charge on any atom is -0.461 e. The summed E-state index contributed by atoms with van der Waals surface area (Å²) in [6, 6.07) is 0. The van der Waals surface area contributed by atoms with E-state index in [1.165, 1.54) is 5.57 Å². The molecule has 24 heavy (non-hydrogen) atoms. The largest absolute Gasteiger partial charge is 0.461 e. The number of likely N-dealkylation sites (N-methyl/N-ethyl adjacent to an activating group) is 1. The van der Waals surface area contributed by atoms with Crippen LogP contribution in [0.3, 0.4) is 0 Å². The van der Waals surface area contributed by atoms with Crippen LogP contribution in [0.15, 0.2) is 11.6 Å². The molecule has 0 amide bonds. The van der Waals surface area contributed by atoms with Gasteiger partial charge in [0.25, 0.3) is 0 Å². The Bertz CT molecular complexity index is 509. The van der Waals surface area contributed by atoms with Crippen molar-refractivity contribution in [2.75, 3.05) is 19.7 Å². The smallest absolute Gasteiger partial charge is 0.320 e. The topological polar surface area (TPSA) is 63.4 Å². The molecule has 5 nitrogen and oxygen atoms in total. The van der Waals surface area contributed by atoms with Crippen LogP contribution in [0.1, 0.15) is 53.4 Å². The van der Waals surface area contributed by atoms with Crippen LogP contribution in [0.2, 0.25) is 0 Å². The molecule has 136 valence electrons. The molecule has 2 saturated heterocycles. The molecule has 3 fully saturated rings. The Morgan fingerprint density at radius 2 is 2.17 bits per heavy atom. The van der Waals surface area contributed by atoms with Gasteiger partial charge in [-0.05, 0) is 53.0 Å². The van der Waals surface area contributed by atoms with E-state index < -0.39 is 0 Å². The molecule has 1 spiro atoms. The standard InChI is InChI=1S/C19H31NO4/c1-5-20-11-17(21)23-14-8-9-19(12-22-19)15(10-14)18(4)16(24-18)7-6-13(2)3/h6,14-16,20H,5,7-12H2,1-4H3/t14-,15?,16-,18-,19+/m1/s1. The van der Waals surface area contributed by atoms with Gasteiger partial charge in [0, 0.05) is 5.92 Å². The van der Waals surface area contributed by atoms with Gasteiger partial charge >= 0.3 is 5.97 Å². The minimum absolute atomic E-state index is 0.0129. The van der Waals surface area contributed by atoms with Crippen molar-refractivity contribution in [3.63, 3.8) is 0 Å². The predicted octanol–water partition coefficient (Wildman–Crippen LogP) is 2.59. The molecule has 5 atom stereocenters. The highest BCUT2D eigenvalue weighted by atomic mass is 16.6. The first-order valence-electron chi connectivity index (χ1n) is 9.25. The van der Waals surface area contributed by atoms with Crippen LogP contribution in [-0.2, 0) is 19.0 Å². The SMILES string of the molecule is CCNCC(=O)O[C@@H]1CC[C@]2(CO2)C([C@@]2(C)O[C@@H]2CC=C(C)C)C1. The highest BCUT2D eigenvalue weighted by Gasteiger charge is 2.68. The van der Waals surface area contributed by atoms with E-state index in [2.05, 4.69) is 32.2 Å². The molecule has 1 aliphatic carbocycles. The van der Waals surface area contributed by atoms with Crippen LogP contribution in [0.25, 0.3) is 0 Å². The lowest BCUT2D eigenvalue weighted by Crippen LogP contribution is -2.45. The summed E-state index contributed by atoms with van der Waals surface area (Å²) in [5.41, 5.74) is 1.15. The van der Waals surface area contributed by atoms with Crippen molar-refractivity contribution in [3.05, 3.63) is 11.6 Å². The number of carbonyl (C=O) groups excluding carboxylic acids is 1. The van der Waals surface area contributed by atoms with Gasteiger partial charge in [0.05, 0.1) is 30.5 Å². The second kappa shape index (κ2) is 6.77. The third kappa shape index (κ3) is 3.68. The maximum atomic E-state index is 11.9. The molecule has 0 aromatic rings. The first-order valence-corrected chi connectivity index (χ1v) is 9.25. The fourth-order valence-electron chi connectivity index (χ4n) is 4.14. The van der Waals surface area contributed by atoms with E-state index in [9.17, 15) is 4.79 Å². The third-order valence-electron chi connectivity index (χ3n) is 5.77. The van der Waals surface area contributed by atoms with Crippen molar-refractivity contribution in [3.8, 4) is 0 Å². The monoisotopic (exact) mass is 337 g/mol. The summed E-state index contributed by atoms with van der Waals surface area (Å²) < 4.78 is 17.6. The average molecular weight is 337 g/mol. The van der Waals surface area contributed by atoms with Gasteiger partial charge in [-0.1, -0.05) is 18.6 Å². The highest BCUT2D eigenvalue weighted by molar-refractivity contribution is 5.71. The second-order valence-electron chi connectivity index (χ2n) is 7.88. The summed E-state index contributed by atoms with van der Waals surface area (Å²) in [4.78, 5) is 11.9. The van der Waals surface area contributed by atoms with Crippen molar-refractivity contribution in [2.24, 2.45) is 5.92 Å². The van der Waals surface area contributed by atoms with Crippen LogP contribution in [0.5, 0.6) is 0 Å². The number of epoxide rings is 2. The summed E-state index contributed by atoms with van der Waals surface area (Å²) in [5, 5.41) is 3.02. The number of carbonyl (C=O) groups is 1. The summed E-state index contributed by atoms with van der Waals surface area (Å²) in [7, 11) is 0. The van der Waals surface area contributed by atoms with E-state index in [-0.39, 0.29) is 35.9 Å². The van der Waals surface area contributed by atoms with Crippen molar-refractivity contribution in [2.45, 2.75) is 76.8 Å². The molecule has 2 aliphatic heterocycles. The van der Waals surface area contributed by atoms with Gasteiger partial charge in [-0.15, -0.1) is 0 Å². The third-order valence-corrected chi connectivity index (χ3v) is 5.77. The van der Waals surface area contributed by atoms with Gasteiger partial charge in [0.15, 0.2) is 0 Å². The van der Waals surface area contributed by atoms with Crippen molar-refractivity contribution in [1.29, 1.82) is 0 Å². The maximum Gasteiger partial charge on any atom is 0.320 e. The fourth-order valence-corrected chi connectivity index (χ4v) is 4.14. The summed E-state index contributed by atoms with van der Waals surface area (Å²) in [6.07, 6.45) is 6.15. The number of hydrogen-bond acceptors (Lipinski definition) is 5. The Kier molecular flexibility index (Phi) is 5.05. The predicted molar refractivity (Wildman–Crippen MR) is 91.8 cm³/mol.